The molecule has 18 heavy (non-hydrogen) atoms. The highest BCUT2D eigenvalue weighted by Crippen LogP contribution is 2.49. The van der Waals surface area contributed by atoms with Gasteiger partial charge in [-0.2, -0.15) is 5.26 Å². The maximum Gasteiger partial charge on any atom is 0.245 e. The molecule has 0 aromatic rings. The zero-order valence-electron chi connectivity index (χ0n) is 10.8. The quantitative estimate of drug-likeness (QED) is 0.752. The van der Waals surface area contributed by atoms with Crippen LogP contribution in [0.2, 0.25) is 0 Å². The van der Waals surface area contributed by atoms with Gasteiger partial charge in [0.05, 0.1) is 6.07 Å². The van der Waals surface area contributed by atoms with Gasteiger partial charge in [0.1, 0.15) is 0 Å². The first-order valence-electron chi connectivity index (χ1n) is 6.88. The second-order valence-corrected chi connectivity index (χ2v) is 5.54. The largest absolute Gasteiger partial charge is 0.355 e. The van der Waals surface area contributed by atoms with Crippen LogP contribution in [0.5, 0.6) is 0 Å². The summed E-state index contributed by atoms with van der Waals surface area (Å²) in [6.45, 7) is 2.47. The van der Waals surface area contributed by atoms with Crippen LogP contribution in [-0.2, 0) is 9.59 Å². The summed E-state index contributed by atoms with van der Waals surface area (Å²) in [5.41, 5.74) is 0. The van der Waals surface area contributed by atoms with E-state index in [4.69, 9.17) is 5.26 Å². The van der Waals surface area contributed by atoms with Crippen LogP contribution in [0.15, 0.2) is 0 Å². The van der Waals surface area contributed by atoms with Gasteiger partial charge in [-0.3, -0.25) is 9.59 Å². The van der Waals surface area contributed by atoms with Crippen molar-refractivity contribution in [1.29, 1.82) is 5.26 Å². The number of carbonyl (C=O) groups excluding carboxylic acids is 2. The van der Waals surface area contributed by atoms with Gasteiger partial charge in [-0.05, 0) is 37.5 Å². The van der Waals surface area contributed by atoms with E-state index in [1.54, 1.807) is 0 Å². The molecule has 0 aliphatic heterocycles. The minimum absolute atomic E-state index is 0.0409. The monoisotopic (exact) mass is 248 g/mol. The normalized spacial score (nSPS) is 30.8. The summed E-state index contributed by atoms with van der Waals surface area (Å²) in [4.78, 5) is 24.1. The predicted molar refractivity (Wildman–Crippen MR) is 66.3 cm³/mol. The smallest absolute Gasteiger partial charge is 0.245 e. The van der Waals surface area contributed by atoms with Gasteiger partial charge in [0.25, 0.3) is 0 Å². The van der Waals surface area contributed by atoms with Crippen molar-refractivity contribution >= 4 is 11.7 Å². The number of nitriles is 1. The zero-order chi connectivity index (χ0) is 13.1. The molecule has 4 heteroatoms. The Morgan fingerprint density at radius 2 is 2.17 bits per heavy atom. The van der Waals surface area contributed by atoms with E-state index in [2.05, 4.69) is 5.32 Å². The average Bonchev–Trinajstić information content (AvgIpc) is 2.99. The summed E-state index contributed by atoms with van der Waals surface area (Å²) >= 11 is 0. The van der Waals surface area contributed by atoms with E-state index in [1.165, 1.54) is 6.42 Å². The minimum atomic E-state index is -1.10. The number of amides is 1. The maximum atomic E-state index is 12.3. The lowest BCUT2D eigenvalue weighted by Gasteiger charge is -2.22. The van der Waals surface area contributed by atoms with Gasteiger partial charge < -0.3 is 5.32 Å². The van der Waals surface area contributed by atoms with Crippen LogP contribution in [0.4, 0.5) is 0 Å². The van der Waals surface area contributed by atoms with Crippen molar-refractivity contribution in [2.24, 2.45) is 23.7 Å². The summed E-state index contributed by atoms with van der Waals surface area (Å²) < 4.78 is 0. The minimum Gasteiger partial charge on any atom is -0.355 e. The van der Waals surface area contributed by atoms with E-state index in [1.807, 2.05) is 13.0 Å². The number of fused-ring (bicyclic) bond motifs is 2. The third kappa shape index (κ3) is 2.40. The highest BCUT2D eigenvalue weighted by atomic mass is 16.2. The van der Waals surface area contributed by atoms with E-state index in [0.717, 1.165) is 25.7 Å². The molecule has 0 heterocycles. The first-order chi connectivity index (χ1) is 8.67. The number of nitrogens with zero attached hydrogens (tertiary/aromatic N) is 1. The van der Waals surface area contributed by atoms with Gasteiger partial charge in [0.2, 0.25) is 5.91 Å². The molecule has 2 aliphatic rings. The summed E-state index contributed by atoms with van der Waals surface area (Å²) in [7, 11) is 0. The topological polar surface area (TPSA) is 70.0 Å². The highest BCUT2D eigenvalue weighted by molar-refractivity contribution is 6.05. The average molecular weight is 248 g/mol. The molecule has 4 nitrogen and oxygen atoms in total. The molecule has 2 aliphatic carbocycles. The molecule has 2 fully saturated rings. The lowest BCUT2D eigenvalue weighted by atomic mass is 9.81. The number of ketones is 1. The molecule has 1 amide bonds. The molecule has 2 saturated carbocycles. The van der Waals surface area contributed by atoms with Gasteiger partial charge in [0.15, 0.2) is 11.7 Å². The van der Waals surface area contributed by atoms with E-state index in [-0.39, 0.29) is 11.7 Å². The molecule has 98 valence electrons. The fourth-order valence-corrected chi connectivity index (χ4v) is 3.41. The number of nitrogens with one attached hydrogen (secondary N) is 1. The van der Waals surface area contributed by atoms with Crippen molar-refractivity contribution in [2.45, 2.75) is 39.0 Å². The molecule has 0 radical (unpaired) electrons. The Bertz CT molecular complexity index is 386. The number of rotatable bonds is 5. The van der Waals surface area contributed by atoms with Crippen LogP contribution in [0.1, 0.15) is 39.0 Å². The van der Waals surface area contributed by atoms with Crippen molar-refractivity contribution in [3.63, 3.8) is 0 Å². The van der Waals surface area contributed by atoms with Crippen molar-refractivity contribution < 1.29 is 9.59 Å². The van der Waals surface area contributed by atoms with Crippen molar-refractivity contribution in [1.82, 2.24) is 5.32 Å². The first-order valence-corrected chi connectivity index (χ1v) is 6.88. The summed E-state index contributed by atoms with van der Waals surface area (Å²) in [5, 5.41) is 11.7. The Morgan fingerprint density at radius 1 is 1.39 bits per heavy atom. The molecule has 0 aromatic heterocycles. The summed E-state index contributed by atoms with van der Waals surface area (Å²) in [6.07, 6.45) is 5.13. The molecule has 0 spiro atoms. The molecule has 4 unspecified atom stereocenters. The molecule has 2 rings (SSSR count). The van der Waals surface area contributed by atoms with E-state index < -0.39 is 11.8 Å². The fourth-order valence-electron chi connectivity index (χ4n) is 3.41. The Hall–Kier alpha value is -1.37. The second kappa shape index (κ2) is 5.51. The van der Waals surface area contributed by atoms with E-state index >= 15 is 0 Å². The maximum absolute atomic E-state index is 12.3. The van der Waals surface area contributed by atoms with Gasteiger partial charge in [-0.15, -0.1) is 0 Å². The van der Waals surface area contributed by atoms with Gasteiger partial charge in [-0.25, -0.2) is 0 Å². The lowest BCUT2D eigenvalue weighted by Crippen LogP contribution is -2.38. The molecule has 4 atom stereocenters. The summed E-state index contributed by atoms with van der Waals surface area (Å²) in [5.74, 6) is -0.605. The van der Waals surface area contributed by atoms with Crippen molar-refractivity contribution in [3.05, 3.63) is 0 Å². The predicted octanol–water partition coefficient (Wildman–Crippen LogP) is 1.66. The van der Waals surface area contributed by atoms with Crippen LogP contribution in [0.25, 0.3) is 0 Å². The molecular formula is C14H20N2O2. The number of carbonyl (C=O) groups is 2. The molecular weight excluding hydrogens is 228 g/mol. The third-order valence-corrected chi connectivity index (χ3v) is 4.33. The van der Waals surface area contributed by atoms with Crippen LogP contribution < -0.4 is 5.32 Å². The van der Waals surface area contributed by atoms with Crippen molar-refractivity contribution in [3.8, 4) is 6.07 Å². The molecule has 1 N–H and O–H groups in total. The third-order valence-electron chi connectivity index (χ3n) is 4.33. The Kier molecular flexibility index (Phi) is 4.00. The Labute approximate surface area is 108 Å². The Balaban J connectivity index is 1.98. The SMILES string of the molecule is CCCNC(=O)C(C#N)C(=O)C1CC2CCC1C2. The van der Waals surface area contributed by atoms with Gasteiger partial charge >= 0.3 is 0 Å². The molecule has 0 saturated heterocycles. The first kappa shape index (κ1) is 13.1. The zero-order valence-corrected chi connectivity index (χ0v) is 10.8. The Morgan fingerprint density at radius 3 is 2.67 bits per heavy atom. The van der Waals surface area contributed by atoms with E-state index in [9.17, 15) is 9.59 Å². The molecule has 0 aromatic carbocycles. The highest BCUT2D eigenvalue weighted by Gasteiger charge is 2.46. The van der Waals surface area contributed by atoms with Crippen molar-refractivity contribution in [2.75, 3.05) is 6.54 Å². The summed E-state index contributed by atoms with van der Waals surface area (Å²) in [6, 6.07) is 1.89. The number of hydrogen-bond acceptors (Lipinski definition) is 3. The number of Topliss-reactive ketones (excluding diaryl/α,β-unsaturated/α-hetero) is 1. The van der Waals surface area contributed by atoms with Crippen LogP contribution in [0.3, 0.4) is 0 Å². The van der Waals surface area contributed by atoms with Crippen LogP contribution in [-0.4, -0.2) is 18.2 Å². The fraction of sp³-hybridized carbons (Fsp3) is 0.786. The standard InChI is InChI=1S/C14H20N2O2/c1-2-5-16-14(18)12(8-15)13(17)11-7-9-3-4-10(11)6-9/h9-12H,2-7H2,1H3,(H,16,18). The van der Waals surface area contributed by atoms with Crippen LogP contribution >= 0.6 is 0 Å². The van der Waals surface area contributed by atoms with Gasteiger partial charge in [-0.1, -0.05) is 13.3 Å². The molecule has 2 bridgehead atoms. The number of hydrogen-bond donors (Lipinski definition) is 1. The lowest BCUT2D eigenvalue weighted by molar-refractivity contribution is -0.134. The van der Waals surface area contributed by atoms with Crippen LogP contribution in [0, 0.1) is 35.0 Å². The van der Waals surface area contributed by atoms with E-state index in [0.29, 0.717) is 18.4 Å². The van der Waals surface area contributed by atoms with Gasteiger partial charge in [0, 0.05) is 12.5 Å². The second-order valence-electron chi connectivity index (χ2n) is 5.54.